The second kappa shape index (κ2) is 20.9. The zero-order valence-electron chi connectivity index (χ0n) is 35.4. The number of aromatic nitrogens is 2. The summed E-state index contributed by atoms with van der Waals surface area (Å²) in [6, 6.07) is 25.6. The van der Waals surface area contributed by atoms with Crippen molar-refractivity contribution in [2.75, 3.05) is 13.1 Å². The molecule has 5 atom stereocenters. The van der Waals surface area contributed by atoms with E-state index in [1.54, 1.807) is 60.7 Å². The van der Waals surface area contributed by atoms with Crippen molar-refractivity contribution < 1.29 is 66.6 Å². The minimum Gasteiger partial charge on any atom is -0.391 e. The molecule has 0 aliphatic carbocycles. The Bertz CT molecular complexity index is 2630. The molecule has 1 aliphatic rings. The van der Waals surface area contributed by atoms with Crippen LogP contribution in [-0.2, 0) is 36.3 Å². The number of hydrogen-bond donors (Lipinski definition) is 2. The molecule has 2 aromatic heterocycles. The van der Waals surface area contributed by atoms with Gasteiger partial charge >= 0.3 is 24.7 Å². The molecule has 4 aromatic carbocycles. The molecule has 3 unspecified atom stereocenters. The van der Waals surface area contributed by atoms with Crippen LogP contribution in [0.25, 0.3) is 0 Å². The van der Waals surface area contributed by atoms with E-state index < -0.39 is 90.1 Å². The van der Waals surface area contributed by atoms with Crippen molar-refractivity contribution in [3.63, 3.8) is 0 Å². The first-order valence-corrected chi connectivity index (χ1v) is 21.3. The maximum absolute atomic E-state index is 14.5. The van der Waals surface area contributed by atoms with Gasteiger partial charge in [-0.1, -0.05) is 83.9 Å². The monoisotopic (exact) mass is 1020 g/mol. The number of hydrogen-bond acceptors (Lipinski definition) is 5. The summed E-state index contributed by atoms with van der Waals surface area (Å²) in [5, 5.41) is 13.2. The number of pyridine rings is 2. The van der Waals surface area contributed by atoms with Crippen molar-refractivity contribution in [1.29, 1.82) is 0 Å². The molecule has 5 nitrogen and oxygen atoms in total. The number of aliphatic hydroxyl groups is 1. The Morgan fingerprint density at radius 3 is 1.51 bits per heavy atom. The summed E-state index contributed by atoms with van der Waals surface area (Å²) in [5.41, 5.74) is -4.78. The van der Waals surface area contributed by atoms with E-state index >= 15 is 0 Å². The number of nitrogens with zero attached hydrogens (tertiary/aromatic N) is 3. The molecule has 0 radical (unpaired) electrons. The van der Waals surface area contributed by atoms with E-state index in [4.69, 9.17) is 23.2 Å². The smallest absolute Gasteiger partial charge is 0.391 e. The van der Waals surface area contributed by atoms with Crippen molar-refractivity contribution in [1.82, 2.24) is 20.2 Å². The predicted molar refractivity (Wildman–Crippen MR) is 229 cm³/mol. The molecule has 1 aliphatic heterocycles. The highest BCUT2D eigenvalue weighted by atomic mass is 35.5. The Kier molecular flexibility index (Phi) is 16.1. The summed E-state index contributed by atoms with van der Waals surface area (Å²) >= 11 is 11.9. The number of alkyl halides is 12. The van der Waals surface area contributed by atoms with Gasteiger partial charge in [-0.25, -0.2) is 8.78 Å². The first-order valence-electron chi connectivity index (χ1n) is 20.6. The molecule has 0 saturated carbocycles. The molecule has 3 heterocycles. The van der Waals surface area contributed by atoms with Crippen molar-refractivity contribution in [2.24, 2.45) is 0 Å². The molecular weight excluding hydrogens is 985 g/mol. The molecule has 69 heavy (non-hydrogen) atoms. The molecule has 2 N–H and O–H groups in total. The van der Waals surface area contributed by atoms with E-state index in [-0.39, 0.29) is 51.9 Å². The van der Waals surface area contributed by atoms with E-state index in [1.165, 1.54) is 41.6 Å². The maximum Gasteiger partial charge on any atom is 0.416 e. The maximum atomic E-state index is 14.5. The lowest BCUT2D eigenvalue weighted by atomic mass is 9.79. The first kappa shape index (κ1) is 53.0. The van der Waals surface area contributed by atoms with Crippen LogP contribution in [0, 0.1) is 11.6 Å². The van der Waals surface area contributed by atoms with Gasteiger partial charge in [0.2, 0.25) is 0 Å². The van der Waals surface area contributed by atoms with Crippen molar-refractivity contribution in [2.45, 2.75) is 73.6 Å². The number of rotatable bonds is 14. The number of benzene rings is 4. The molecule has 368 valence electrons. The molecule has 1 fully saturated rings. The molecule has 0 amide bonds. The molecular formula is C48H38Cl2F14N4O. The summed E-state index contributed by atoms with van der Waals surface area (Å²) in [7, 11) is 0. The third kappa shape index (κ3) is 13.9. The lowest BCUT2D eigenvalue weighted by Gasteiger charge is -2.37. The fourth-order valence-electron chi connectivity index (χ4n) is 8.11. The molecule has 21 heteroatoms. The van der Waals surface area contributed by atoms with Crippen LogP contribution in [0.5, 0.6) is 0 Å². The molecule has 1 saturated heterocycles. The Morgan fingerprint density at radius 1 is 0.580 bits per heavy atom. The summed E-state index contributed by atoms with van der Waals surface area (Å²) in [6.07, 6.45) is -21.2. The van der Waals surface area contributed by atoms with E-state index in [2.05, 4.69) is 15.3 Å². The molecule has 0 bridgehead atoms. The van der Waals surface area contributed by atoms with Gasteiger partial charge in [0.05, 0.1) is 62.6 Å². The van der Waals surface area contributed by atoms with Crippen molar-refractivity contribution >= 4 is 23.2 Å². The quantitative estimate of drug-likeness (QED) is 0.0841. The number of nitrogens with one attached hydrogen (secondary N) is 1. The fraction of sp³-hybridized carbons (Fsp3) is 0.292. The fourth-order valence-corrected chi connectivity index (χ4v) is 8.33. The highest BCUT2D eigenvalue weighted by Gasteiger charge is 2.56. The largest absolute Gasteiger partial charge is 0.416 e. The number of halogens is 16. The van der Waals surface area contributed by atoms with Gasteiger partial charge in [0.15, 0.2) is 0 Å². The first-order chi connectivity index (χ1) is 32.2. The summed E-state index contributed by atoms with van der Waals surface area (Å²) in [4.78, 5) is 9.90. The third-order valence-electron chi connectivity index (χ3n) is 11.1. The highest BCUT2D eigenvalue weighted by molar-refractivity contribution is 6.30. The molecule has 0 spiro atoms. The van der Waals surface area contributed by atoms with Crippen LogP contribution in [0.15, 0.2) is 134 Å². The lowest BCUT2D eigenvalue weighted by molar-refractivity contribution is -0.153. The normalized spacial score (nSPS) is 17.5. The van der Waals surface area contributed by atoms with E-state index in [0.29, 0.717) is 29.3 Å². The van der Waals surface area contributed by atoms with Crippen LogP contribution >= 0.6 is 23.2 Å². The van der Waals surface area contributed by atoms with E-state index in [0.717, 1.165) is 18.2 Å². The van der Waals surface area contributed by atoms with Crippen LogP contribution in [0.2, 0.25) is 10.0 Å². The van der Waals surface area contributed by atoms with Gasteiger partial charge < -0.3 is 5.11 Å². The molecule has 6 aromatic rings. The van der Waals surface area contributed by atoms with Crippen LogP contribution in [0.3, 0.4) is 0 Å². The van der Waals surface area contributed by atoms with Crippen LogP contribution in [-0.4, -0.2) is 57.6 Å². The number of aliphatic hydroxyl groups excluding tert-OH is 1. The summed E-state index contributed by atoms with van der Waals surface area (Å²) in [5.74, 6) is -2.34. The van der Waals surface area contributed by atoms with E-state index in [1.807, 2.05) is 0 Å². The standard InChI is InChI=1S/C24H20ClF7N2O.C24H18ClF7N2/c25-18-6-7-21(33-13-18)22(11-15-4-2-1-3-5-15,34-14-20(35)12-23(27,28)29)16-8-17(24(30,31)32)10-19(26)9-16;25-18-6-7-21(33-13-18)22(11-15-4-2-1-3-5-15,34-14-20(34)12-23(27,28)29)16-8-17(24(30,31)32)10-19(26)9-16/h1-10,13,20,34-35H,11-12,14H2;1-10,13,20H,11-12,14H2/t20?,22-;20?,22-,34?/m00/s1. The molecule has 7 rings (SSSR count). The van der Waals surface area contributed by atoms with E-state index in [9.17, 15) is 66.6 Å². The van der Waals surface area contributed by atoms with Gasteiger partial charge in [-0.05, 0) is 82.9 Å². The Morgan fingerprint density at radius 2 is 1.04 bits per heavy atom. The second-order valence-corrected chi connectivity index (χ2v) is 17.1. The second-order valence-electron chi connectivity index (χ2n) is 16.2. The van der Waals surface area contributed by atoms with Gasteiger partial charge in [-0.15, -0.1) is 0 Å². The summed E-state index contributed by atoms with van der Waals surface area (Å²) in [6.45, 7) is -0.719. The van der Waals surface area contributed by atoms with Gasteiger partial charge in [0.25, 0.3) is 0 Å². The average Bonchev–Trinajstić information content (AvgIpc) is 4.02. The zero-order valence-corrected chi connectivity index (χ0v) is 36.9. The van der Waals surface area contributed by atoms with Crippen LogP contribution in [0.4, 0.5) is 61.5 Å². The SMILES string of the molecule is Fc1cc(C(F)(F)F)cc([C@@](Cc2ccccc2)(c2ccc(Cl)cn2)N2CC2CC(F)(F)F)c1.OC(CN[C@@](Cc1ccccc1)(c1cc(F)cc(C(F)(F)F)c1)c1ccc(Cl)cn1)CC(F)(F)F. The lowest BCUT2D eigenvalue weighted by Crippen LogP contribution is -2.49. The van der Waals surface area contributed by atoms with Crippen LogP contribution in [0.1, 0.15) is 57.6 Å². The zero-order chi connectivity index (χ0) is 50.6. The third-order valence-corrected chi connectivity index (χ3v) is 11.6. The van der Waals surface area contributed by atoms with Crippen molar-refractivity contribution in [3.05, 3.63) is 200 Å². The van der Waals surface area contributed by atoms with Gasteiger partial charge in [0.1, 0.15) is 11.6 Å². The topological polar surface area (TPSA) is 61.1 Å². The Balaban J connectivity index is 0.000000227. The van der Waals surface area contributed by atoms with Crippen LogP contribution < -0.4 is 5.32 Å². The Labute approximate surface area is 395 Å². The minimum absolute atomic E-state index is 0.0302. The minimum atomic E-state index is -4.89. The highest BCUT2D eigenvalue weighted by Crippen LogP contribution is 2.49. The van der Waals surface area contributed by atoms with Gasteiger partial charge in [-0.3, -0.25) is 20.2 Å². The van der Waals surface area contributed by atoms with Gasteiger partial charge in [0, 0.05) is 44.4 Å². The predicted octanol–water partition coefficient (Wildman–Crippen LogP) is 13.3. The van der Waals surface area contributed by atoms with Crippen molar-refractivity contribution in [3.8, 4) is 0 Å². The van der Waals surface area contributed by atoms with Gasteiger partial charge in [-0.2, -0.15) is 52.7 Å². The Hall–Kier alpha value is -5.34. The average molecular weight is 1020 g/mol. The summed E-state index contributed by atoms with van der Waals surface area (Å²) < 4.78 is 188.